The molecule has 0 amide bonds. The summed E-state index contributed by atoms with van der Waals surface area (Å²) in [5, 5.41) is 0. The monoisotopic (exact) mass is 282 g/mol. The molecule has 112 valence electrons. The van der Waals surface area contributed by atoms with E-state index >= 15 is 0 Å². The molecule has 2 heteroatoms. The fourth-order valence-corrected chi connectivity index (χ4v) is 2.58. The van der Waals surface area contributed by atoms with E-state index in [0.29, 0.717) is 0 Å². The third-order valence-corrected chi connectivity index (χ3v) is 3.83. The smallest absolute Gasteiger partial charge is 0.0366 e. The van der Waals surface area contributed by atoms with Gasteiger partial charge in [-0.2, -0.15) is 0 Å². The van der Waals surface area contributed by atoms with Crippen molar-refractivity contribution in [3.63, 3.8) is 0 Å². The molecule has 0 aliphatic carbocycles. The van der Waals surface area contributed by atoms with Gasteiger partial charge in [0.25, 0.3) is 0 Å². The largest absolute Gasteiger partial charge is 0.399 e. The van der Waals surface area contributed by atoms with Crippen LogP contribution in [0.5, 0.6) is 0 Å². The van der Waals surface area contributed by atoms with Crippen molar-refractivity contribution >= 4 is 11.4 Å². The molecule has 0 heterocycles. The quantitative estimate of drug-likeness (QED) is 0.722. The van der Waals surface area contributed by atoms with Crippen LogP contribution in [0, 0.1) is 0 Å². The van der Waals surface area contributed by atoms with Crippen LogP contribution in [0.15, 0.2) is 54.6 Å². The Morgan fingerprint density at radius 3 is 2.24 bits per heavy atom. The normalized spacial score (nSPS) is 10.5. The number of hydrogen-bond acceptors (Lipinski definition) is 2. The minimum Gasteiger partial charge on any atom is -0.399 e. The summed E-state index contributed by atoms with van der Waals surface area (Å²) in [4.78, 5) is 2.49. The van der Waals surface area contributed by atoms with Gasteiger partial charge in [-0.25, -0.2) is 0 Å². The molecule has 2 nitrogen and oxygen atoms in total. The number of nitrogen functional groups attached to an aromatic ring is 1. The van der Waals surface area contributed by atoms with Gasteiger partial charge in [-0.1, -0.05) is 49.7 Å². The van der Waals surface area contributed by atoms with Crippen molar-refractivity contribution < 1.29 is 0 Å². The number of nitrogens with two attached hydrogens (primary N) is 1. The number of benzene rings is 2. The van der Waals surface area contributed by atoms with Gasteiger partial charge in [-0.05, 0) is 43.0 Å². The topological polar surface area (TPSA) is 29.3 Å². The standard InChI is InChI=1S/C19H26N2/c1-2-3-15-21(18-12-5-4-6-13-18)16-9-11-17-10-7-8-14-19(17)20/h4-8,10,12-14H,2-3,9,11,15-16,20H2,1H3. The van der Waals surface area contributed by atoms with Crippen molar-refractivity contribution in [1.29, 1.82) is 0 Å². The average Bonchev–Trinajstić information content (AvgIpc) is 2.53. The van der Waals surface area contributed by atoms with Crippen molar-refractivity contribution in [2.75, 3.05) is 23.7 Å². The SMILES string of the molecule is CCCCN(CCCc1ccccc1N)c1ccccc1. The van der Waals surface area contributed by atoms with Crippen molar-refractivity contribution in [2.45, 2.75) is 32.6 Å². The van der Waals surface area contributed by atoms with Crippen LogP contribution in [-0.2, 0) is 6.42 Å². The molecule has 2 rings (SSSR count). The van der Waals surface area contributed by atoms with E-state index in [-0.39, 0.29) is 0 Å². The fraction of sp³-hybridized carbons (Fsp3) is 0.368. The molecular formula is C19H26N2. The Morgan fingerprint density at radius 1 is 0.857 bits per heavy atom. The summed E-state index contributed by atoms with van der Waals surface area (Å²) in [6.07, 6.45) is 4.65. The lowest BCUT2D eigenvalue weighted by molar-refractivity contribution is 0.685. The van der Waals surface area contributed by atoms with E-state index in [1.807, 2.05) is 12.1 Å². The Balaban J connectivity index is 1.92. The van der Waals surface area contributed by atoms with Gasteiger partial charge in [0.1, 0.15) is 0 Å². The highest BCUT2D eigenvalue weighted by atomic mass is 15.1. The highest BCUT2D eigenvalue weighted by molar-refractivity contribution is 5.47. The molecule has 0 fully saturated rings. The highest BCUT2D eigenvalue weighted by Crippen LogP contribution is 2.17. The number of hydrogen-bond donors (Lipinski definition) is 1. The highest BCUT2D eigenvalue weighted by Gasteiger charge is 2.06. The zero-order valence-electron chi connectivity index (χ0n) is 13.0. The van der Waals surface area contributed by atoms with E-state index in [0.717, 1.165) is 31.6 Å². The van der Waals surface area contributed by atoms with Gasteiger partial charge in [0.15, 0.2) is 0 Å². The maximum absolute atomic E-state index is 6.02. The molecule has 0 saturated heterocycles. The molecular weight excluding hydrogens is 256 g/mol. The van der Waals surface area contributed by atoms with Gasteiger partial charge in [-0.3, -0.25) is 0 Å². The van der Waals surface area contributed by atoms with Gasteiger partial charge in [-0.15, -0.1) is 0 Å². The van der Waals surface area contributed by atoms with E-state index in [4.69, 9.17) is 5.73 Å². The van der Waals surface area contributed by atoms with Crippen molar-refractivity contribution in [2.24, 2.45) is 0 Å². The molecule has 0 aliphatic rings. The summed E-state index contributed by atoms with van der Waals surface area (Å²) in [6, 6.07) is 18.9. The van der Waals surface area contributed by atoms with Crippen molar-refractivity contribution in [1.82, 2.24) is 0 Å². The number of unbranched alkanes of at least 4 members (excludes halogenated alkanes) is 1. The lowest BCUT2D eigenvalue weighted by Gasteiger charge is -2.25. The van der Waals surface area contributed by atoms with Gasteiger partial charge >= 0.3 is 0 Å². The summed E-state index contributed by atoms with van der Waals surface area (Å²) in [7, 11) is 0. The van der Waals surface area contributed by atoms with E-state index in [1.165, 1.54) is 24.1 Å². The molecule has 0 unspecified atom stereocenters. The van der Waals surface area contributed by atoms with Crippen LogP contribution >= 0.6 is 0 Å². The summed E-state index contributed by atoms with van der Waals surface area (Å²) < 4.78 is 0. The van der Waals surface area contributed by atoms with Crippen LogP contribution in [0.3, 0.4) is 0 Å². The van der Waals surface area contributed by atoms with Gasteiger partial charge in [0.2, 0.25) is 0 Å². The van der Waals surface area contributed by atoms with Crippen molar-refractivity contribution in [3.8, 4) is 0 Å². The Morgan fingerprint density at radius 2 is 1.52 bits per heavy atom. The Labute approximate surface area is 128 Å². The average molecular weight is 282 g/mol. The van der Waals surface area contributed by atoms with Crippen LogP contribution in [0.1, 0.15) is 31.7 Å². The van der Waals surface area contributed by atoms with Gasteiger partial charge in [0.05, 0.1) is 0 Å². The van der Waals surface area contributed by atoms with E-state index < -0.39 is 0 Å². The zero-order chi connectivity index (χ0) is 14.9. The number of nitrogens with zero attached hydrogens (tertiary/aromatic N) is 1. The molecule has 0 radical (unpaired) electrons. The summed E-state index contributed by atoms with van der Waals surface area (Å²) in [6.45, 7) is 4.46. The maximum Gasteiger partial charge on any atom is 0.0366 e. The number of aryl methyl sites for hydroxylation is 1. The molecule has 0 aliphatic heterocycles. The van der Waals surface area contributed by atoms with Crippen LogP contribution in [0.2, 0.25) is 0 Å². The third-order valence-electron chi connectivity index (χ3n) is 3.83. The van der Waals surface area contributed by atoms with Gasteiger partial charge in [0, 0.05) is 24.5 Å². The van der Waals surface area contributed by atoms with Crippen LogP contribution in [-0.4, -0.2) is 13.1 Å². The summed E-state index contributed by atoms with van der Waals surface area (Å²) in [5.74, 6) is 0. The van der Waals surface area contributed by atoms with Crippen LogP contribution in [0.4, 0.5) is 11.4 Å². The number of rotatable bonds is 8. The maximum atomic E-state index is 6.02. The van der Waals surface area contributed by atoms with Gasteiger partial charge < -0.3 is 10.6 Å². The van der Waals surface area contributed by atoms with Crippen LogP contribution in [0.25, 0.3) is 0 Å². The Bertz CT molecular complexity index is 522. The lowest BCUT2D eigenvalue weighted by atomic mass is 10.1. The second kappa shape index (κ2) is 8.35. The minimum absolute atomic E-state index is 0.914. The predicted molar refractivity (Wildman–Crippen MR) is 92.7 cm³/mol. The molecule has 2 aromatic rings. The van der Waals surface area contributed by atoms with E-state index in [9.17, 15) is 0 Å². The molecule has 0 saturated carbocycles. The van der Waals surface area contributed by atoms with Crippen LogP contribution < -0.4 is 10.6 Å². The summed E-state index contributed by atoms with van der Waals surface area (Å²) >= 11 is 0. The molecule has 2 aromatic carbocycles. The van der Waals surface area contributed by atoms with Crippen molar-refractivity contribution in [3.05, 3.63) is 60.2 Å². The Kier molecular flexibility index (Phi) is 6.14. The molecule has 21 heavy (non-hydrogen) atoms. The molecule has 0 atom stereocenters. The molecule has 0 bridgehead atoms. The summed E-state index contributed by atoms with van der Waals surface area (Å²) in [5.41, 5.74) is 9.52. The minimum atomic E-state index is 0.914. The fourth-order valence-electron chi connectivity index (χ4n) is 2.58. The van der Waals surface area contributed by atoms with E-state index in [1.54, 1.807) is 0 Å². The third kappa shape index (κ3) is 4.82. The first-order valence-corrected chi connectivity index (χ1v) is 7.94. The first-order chi connectivity index (χ1) is 10.3. The lowest BCUT2D eigenvalue weighted by Crippen LogP contribution is -2.26. The Hall–Kier alpha value is -1.96. The zero-order valence-corrected chi connectivity index (χ0v) is 13.0. The first kappa shape index (κ1) is 15.4. The number of para-hydroxylation sites is 2. The predicted octanol–water partition coefficient (Wildman–Crippen LogP) is 4.51. The second-order valence-corrected chi connectivity index (χ2v) is 5.48. The first-order valence-electron chi connectivity index (χ1n) is 7.94. The molecule has 0 aromatic heterocycles. The molecule has 2 N–H and O–H groups in total. The van der Waals surface area contributed by atoms with E-state index in [2.05, 4.69) is 54.3 Å². The molecule has 0 spiro atoms. The number of anilines is 2. The second-order valence-electron chi connectivity index (χ2n) is 5.48.